The van der Waals surface area contributed by atoms with E-state index in [-0.39, 0.29) is 11.7 Å². The molecule has 1 aromatic heterocycles. The highest BCUT2D eigenvalue weighted by atomic mass is 35.5. The van der Waals surface area contributed by atoms with Crippen LogP contribution in [-0.4, -0.2) is 15.7 Å². The third-order valence-electron chi connectivity index (χ3n) is 4.19. The number of nitrogens with one attached hydrogen (secondary N) is 1. The molecule has 0 saturated heterocycles. The number of carbonyl (C=O) groups is 1. The lowest BCUT2D eigenvalue weighted by Crippen LogP contribution is -2.10. The molecule has 4 nitrogen and oxygen atoms in total. The van der Waals surface area contributed by atoms with Gasteiger partial charge in [0.25, 0.3) is 0 Å². The zero-order valence-corrected chi connectivity index (χ0v) is 15.8. The molecule has 0 aliphatic heterocycles. The first-order valence-electron chi connectivity index (χ1n) is 8.46. The van der Waals surface area contributed by atoms with Gasteiger partial charge in [-0.25, -0.2) is 4.39 Å². The van der Waals surface area contributed by atoms with E-state index in [1.165, 1.54) is 18.2 Å². The van der Waals surface area contributed by atoms with Crippen molar-refractivity contribution in [2.75, 3.05) is 5.32 Å². The normalized spacial score (nSPS) is 11.1. The second-order valence-electron chi connectivity index (χ2n) is 6.17. The van der Waals surface area contributed by atoms with E-state index in [2.05, 4.69) is 10.4 Å². The Bertz CT molecular complexity index is 993. The van der Waals surface area contributed by atoms with Crippen molar-refractivity contribution in [2.45, 2.75) is 20.4 Å². The van der Waals surface area contributed by atoms with Crippen molar-refractivity contribution in [3.8, 4) is 0 Å². The third-order valence-corrected chi connectivity index (χ3v) is 4.54. The minimum atomic E-state index is -0.273. The summed E-state index contributed by atoms with van der Waals surface area (Å²) >= 11 is 6.09. The van der Waals surface area contributed by atoms with Gasteiger partial charge in [-0.15, -0.1) is 0 Å². The molecule has 6 heteroatoms. The van der Waals surface area contributed by atoms with Crippen molar-refractivity contribution in [1.82, 2.24) is 9.78 Å². The van der Waals surface area contributed by atoms with E-state index in [9.17, 15) is 9.18 Å². The number of aromatic nitrogens is 2. The third kappa shape index (κ3) is 4.63. The van der Waals surface area contributed by atoms with Crippen molar-refractivity contribution in [3.63, 3.8) is 0 Å². The van der Waals surface area contributed by atoms with Crippen molar-refractivity contribution in [1.29, 1.82) is 0 Å². The molecule has 27 heavy (non-hydrogen) atoms. The van der Waals surface area contributed by atoms with E-state index in [4.69, 9.17) is 11.6 Å². The molecule has 1 amide bonds. The van der Waals surface area contributed by atoms with Crippen LogP contribution in [0.15, 0.2) is 54.6 Å². The minimum absolute atomic E-state index is 0.262. The van der Waals surface area contributed by atoms with Crippen LogP contribution in [0.3, 0.4) is 0 Å². The number of benzene rings is 2. The Morgan fingerprint density at radius 3 is 2.59 bits per heavy atom. The summed E-state index contributed by atoms with van der Waals surface area (Å²) in [5.74, 6) is -0.534. The molecule has 0 atom stereocenters. The molecule has 0 saturated carbocycles. The van der Waals surface area contributed by atoms with Gasteiger partial charge in [0, 0.05) is 11.1 Å². The van der Waals surface area contributed by atoms with E-state index in [0.717, 1.165) is 16.8 Å². The molecule has 0 unspecified atom stereocenters. The molecule has 3 aromatic rings. The molecule has 0 spiro atoms. The van der Waals surface area contributed by atoms with Gasteiger partial charge in [0.15, 0.2) is 0 Å². The summed E-state index contributed by atoms with van der Waals surface area (Å²) in [7, 11) is 0. The first-order valence-corrected chi connectivity index (χ1v) is 8.84. The fourth-order valence-corrected chi connectivity index (χ4v) is 2.93. The van der Waals surface area contributed by atoms with Crippen molar-refractivity contribution >= 4 is 29.3 Å². The zero-order valence-electron chi connectivity index (χ0n) is 15.0. The summed E-state index contributed by atoms with van der Waals surface area (Å²) in [6.07, 6.45) is 3.11. The van der Waals surface area contributed by atoms with Gasteiger partial charge in [0.05, 0.1) is 23.6 Å². The van der Waals surface area contributed by atoms with Gasteiger partial charge in [-0.1, -0.05) is 41.9 Å². The van der Waals surface area contributed by atoms with Crippen molar-refractivity contribution in [3.05, 3.63) is 88.0 Å². The van der Waals surface area contributed by atoms with Gasteiger partial charge in [0.2, 0.25) is 5.91 Å². The summed E-state index contributed by atoms with van der Waals surface area (Å²) in [5.41, 5.74) is 3.92. The number of anilines is 1. The van der Waals surface area contributed by atoms with Crippen LogP contribution >= 0.6 is 11.6 Å². The van der Waals surface area contributed by atoms with E-state index < -0.39 is 0 Å². The van der Waals surface area contributed by atoms with Crippen LogP contribution < -0.4 is 5.32 Å². The maximum atomic E-state index is 13.1. The number of halogens is 2. The SMILES string of the molecule is Cc1nn(Cc2ccc(F)cc2)c(C)c1NC(=O)/C=C/c1ccccc1Cl. The smallest absolute Gasteiger partial charge is 0.248 e. The average molecular weight is 384 g/mol. The van der Waals surface area contributed by atoms with Gasteiger partial charge >= 0.3 is 0 Å². The average Bonchev–Trinajstić information content (AvgIpc) is 2.90. The highest BCUT2D eigenvalue weighted by Gasteiger charge is 2.13. The lowest BCUT2D eigenvalue weighted by atomic mass is 10.2. The lowest BCUT2D eigenvalue weighted by Gasteiger charge is -2.06. The molecule has 2 aromatic carbocycles. The fourth-order valence-electron chi connectivity index (χ4n) is 2.74. The van der Waals surface area contributed by atoms with Crippen LogP contribution in [-0.2, 0) is 11.3 Å². The zero-order chi connectivity index (χ0) is 19.4. The molecule has 0 fully saturated rings. The Hall–Kier alpha value is -2.92. The van der Waals surface area contributed by atoms with Crippen LogP contribution in [0.2, 0.25) is 5.02 Å². The van der Waals surface area contributed by atoms with E-state index in [0.29, 0.717) is 22.9 Å². The summed E-state index contributed by atoms with van der Waals surface area (Å²) < 4.78 is 14.8. The van der Waals surface area contributed by atoms with E-state index in [1.807, 2.05) is 32.0 Å². The second-order valence-corrected chi connectivity index (χ2v) is 6.58. The number of hydrogen-bond donors (Lipinski definition) is 1. The summed E-state index contributed by atoms with van der Waals surface area (Å²) in [5, 5.41) is 7.93. The molecule has 3 rings (SSSR count). The second kappa shape index (κ2) is 8.18. The molecule has 1 N–H and O–H groups in total. The number of rotatable bonds is 5. The van der Waals surface area contributed by atoms with Crippen LogP contribution in [0.4, 0.5) is 10.1 Å². The highest BCUT2D eigenvalue weighted by Crippen LogP contribution is 2.21. The maximum Gasteiger partial charge on any atom is 0.248 e. The van der Waals surface area contributed by atoms with E-state index in [1.54, 1.807) is 29.0 Å². The molecule has 1 heterocycles. The maximum absolute atomic E-state index is 13.1. The van der Waals surface area contributed by atoms with Crippen molar-refractivity contribution in [2.24, 2.45) is 0 Å². The number of amides is 1. The first kappa shape index (κ1) is 18.9. The van der Waals surface area contributed by atoms with Crippen LogP contribution in [0.5, 0.6) is 0 Å². The monoisotopic (exact) mass is 383 g/mol. The van der Waals surface area contributed by atoms with Gasteiger partial charge in [-0.3, -0.25) is 9.48 Å². The van der Waals surface area contributed by atoms with Crippen LogP contribution in [0.25, 0.3) is 6.08 Å². The summed E-state index contributed by atoms with van der Waals surface area (Å²) in [4.78, 5) is 12.3. The van der Waals surface area contributed by atoms with Gasteiger partial charge in [0.1, 0.15) is 5.82 Å². The van der Waals surface area contributed by atoms with Gasteiger partial charge < -0.3 is 5.32 Å². The molecular formula is C21H19ClFN3O. The molecular weight excluding hydrogens is 365 g/mol. The predicted octanol–water partition coefficient (Wildman–Crippen LogP) is 4.99. The van der Waals surface area contributed by atoms with Gasteiger partial charge in [-0.05, 0) is 49.2 Å². The largest absolute Gasteiger partial charge is 0.319 e. The lowest BCUT2D eigenvalue weighted by molar-refractivity contribution is -0.111. The number of aryl methyl sites for hydroxylation is 1. The van der Waals surface area contributed by atoms with Gasteiger partial charge in [-0.2, -0.15) is 5.10 Å². The number of nitrogens with zero attached hydrogens (tertiary/aromatic N) is 2. The van der Waals surface area contributed by atoms with Crippen LogP contribution in [0, 0.1) is 19.7 Å². The Balaban J connectivity index is 1.73. The number of carbonyl (C=O) groups excluding carboxylic acids is 1. The summed E-state index contributed by atoms with van der Waals surface area (Å²) in [6, 6.07) is 13.6. The Morgan fingerprint density at radius 1 is 1.19 bits per heavy atom. The predicted molar refractivity (Wildman–Crippen MR) is 106 cm³/mol. The molecule has 0 aliphatic rings. The van der Waals surface area contributed by atoms with Crippen molar-refractivity contribution < 1.29 is 9.18 Å². The molecule has 0 radical (unpaired) electrons. The quantitative estimate of drug-likeness (QED) is 0.631. The van der Waals surface area contributed by atoms with E-state index >= 15 is 0 Å². The topological polar surface area (TPSA) is 46.9 Å². The highest BCUT2D eigenvalue weighted by molar-refractivity contribution is 6.32. The fraction of sp³-hybridized carbons (Fsp3) is 0.143. The Kier molecular flexibility index (Phi) is 5.72. The minimum Gasteiger partial charge on any atom is -0.319 e. The molecule has 0 aliphatic carbocycles. The Morgan fingerprint density at radius 2 is 1.89 bits per heavy atom. The summed E-state index contributed by atoms with van der Waals surface area (Å²) in [6.45, 7) is 4.22. The van der Waals surface area contributed by atoms with Crippen LogP contribution in [0.1, 0.15) is 22.5 Å². The first-order chi connectivity index (χ1) is 12.9. The standard InChI is InChI=1S/C21H19ClFN3O/c1-14-21(24-20(27)12-9-17-5-3-4-6-19(17)22)15(2)26(25-14)13-16-7-10-18(23)11-8-16/h3-12H,13H2,1-2H3,(H,24,27)/b12-9+. The molecule has 0 bridgehead atoms. The Labute approximate surface area is 162 Å². The number of hydrogen-bond acceptors (Lipinski definition) is 2. The molecule has 138 valence electrons.